The first-order chi connectivity index (χ1) is 15.9. The molecule has 0 aliphatic carbocycles. The van der Waals surface area contributed by atoms with Crippen LogP contribution in [0.5, 0.6) is 17.2 Å². The van der Waals surface area contributed by atoms with Gasteiger partial charge in [-0.3, -0.25) is 9.98 Å². The molecule has 0 saturated carbocycles. The molecule has 0 saturated heterocycles. The van der Waals surface area contributed by atoms with E-state index in [-0.39, 0.29) is 22.3 Å². The minimum Gasteiger partial charge on any atom is -0.507 e. The van der Waals surface area contributed by atoms with E-state index < -0.39 is 0 Å². The van der Waals surface area contributed by atoms with E-state index in [2.05, 4.69) is 51.5 Å². The summed E-state index contributed by atoms with van der Waals surface area (Å²) >= 11 is 0. The van der Waals surface area contributed by atoms with Gasteiger partial charge in [0.1, 0.15) is 17.2 Å². The Balaban J connectivity index is 2.00. The van der Waals surface area contributed by atoms with E-state index in [9.17, 15) is 10.2 Å². The molecule has 0 atom stereocenters. The quantitative estimate of drug-likeness (QED) is 0.397. The maximum Gasteiger partial charge on any atom is 0.124 e. The van der Waals surface area contributed by atoms with Gasteiger partial charge in [0.15, 0.2) is 0 Å². The number of hydrogen-bond acceptors (Lipinski definition) is 5. The Bertz CT molecular complexity index is 1230. The van der Waals surface area contributed by atoms with Crippen molar-refractivity contribution in [1.29, 1.82) is 0 Å². The number of nitrogens with zero attached hydrogens (tertiary/aromatic N) is 2. The van der Waals surface area contributed by atoms with Crippen LogP contribution in [0, 0.1) is 0 Å². The predicted octanol–water partition coefficient (Wildman–Crippen LogP) is 7.20. The lowest BCUT2D eigenvalue weighted by molar-refractivity contribution is 0.415. The molecule has 0 aromatic heterocycles. The highest BCUT2D eigenvalue weighted by molar-refractivity contribution is 5.90. The zero-order valence-corrected chi connectivity index (χ0v) is 21.0. The van der Waals surface area contributed by atoms with Gasteiger partial charge in [-0.15, -0.1) is 0 Å². The van der Waals surface area contributed by atoms with Crippen molar-refractivity contribution >= 4 is 23.8 Å². The highest BCUT2D eigenvalue weighted by atomic mass is 16.5. The molecule has 0 amide bonds. The van der Waals surface area contributed by atoms with Crippen molar-refractivity contribution in [2.24, 2.45) is 9.98 Å². The largest absolute Gasteiger partial charge is 0.507 e. The SMILES string of the molecule is COc1ccc(N=Cc2cc(C(C)(C)C)ccc2O)c(N=Cc2cc(C(C)(C)C)ccc2O)c1. The van der Waals surface area contributed by atoms with E-state index in [1.54, 1.807) is 37.7 Å². The van der Waals surface area contributed by atoms with Crippen molar-refractivity contribution in [3.63, 3.8) is 0 Å². The fourth-order valence-corrected chi connectivity index (χ4v) is 3.37. The van der Waals surface area contributed by atoms with Crippen LogP contribution in [0.3, 0.4) is 0 Å². The molecule has 0 unspecified atom stereocenters. The molecule has 0 radical (unpaired) electrons. The Morgan fingerprint density at radius 1 is 0.647 bits per heavy atom. The van der Waals surface area contributed by atoms with Gasteiger partial charge in [0, 0.05) is 29.6 Å². The van der Waals surface area contributed by atoms with Crippen LogP contribution < -0.4 is 4.74 Å². The van der Waals surface area contributed by atoms with Crippen molar-refractivity contribution in [2.45, 2.75) is 52.4 Å². The predicted molar refractivity (Wildman–Crippen MR) is 141 cm³/mol. The third kappa shape index (κ3) is 6.04. The molecule has 5 nitrogen and oxygen atoms in total. The Morgan fingerprint density at radius 3 is 1.56 bits per heavy atom. The zero-order chi connectivity index (χ0) is 25.1. The van der Waals surface area contributed by atoms with Crippen molar-refractivity contribution in [1.82, 2.24) is 0 Å². The van der Waals surface area contributed by atoms with Gasteiger partial charge in [-0.25, -0.2) is 0 Å². The maximum absolute atomic E-state index is 10.3. The number of rotatable bonds is 5. The lowest BCUT2D eigenvalue weighted by atomic mass is 9.86. The number of methoxy groups -OCH3 is 1. The summed E-state index contributed by atoms with van der Waals surface area (Å²) in [6.45, 7) is 12.7. The number of hydrogen-bond donors (Lipinski definition) is 2. The highest BCUT2D eigenvalue weighted by Crippen LogP contribution is 2.34. The number of phenolic OH excluding ortho intramolecular Hbond substituents is 2. The molecule has 2 N–H and O–H groups in total. The maximum atomic E-state index is 10.3. The molecular formula is C29H34N2O3. The number of benzene rings is 3. The normalized spacial score (nSPS) is 12.6. The summed E-state index contributed by atoms with van der Waals surface area (Å²) < 4.78 is 5.37. The Labute approximate surface area is 202 Å². The average molecular weight is 459 g/mol. The van der Waals surface area contributed by atoms with Gasteiger partial charge < -0.3 is 14.9 Å². The zero-order valence-electron chi connectivity index (χ0n) is 21.0. The fourth-order valence-electron chi connectivity index (χ4n) is 3.37. The summed E-state index contributed by atoms with van der Waals surface area (Å²) in [4.78, 5) is 9.23. The van der Waals surface area contributed by atoms with E-state index in [1.807, 2.05) is 36.4 Å². The molecule has 178 valence electrons. The van der Waals surface area contributed by atoms with Crippen LogP contribution in [0.15, 0.2) is 64.6 Å². The molecule has 3 aromatic carbocycles. The van der Waals surface area contributed by atoms with E-state index >= 15 is 0 Å². The molecule has 5 heteroatoms. The summed E-state index contributed by atoms with van der Waals surface area (Å²) in [6.07, 6.45) is 3.28. The van der Waals surface area contributed by atoms with Crippen molar-refractivity contribution < 1.29 is 14.9 Å². The second-order valence-corrected chi connectivity index (χ2v) is 10.4. The molecule has 34 heavy (non-hydrogen) atoms. The Morgan fingerprint density at radius 2 is 1.12 bits per heavy atom. The highest BCUT2D eigenvalue weighted by Gasteiger charge is 2.16. The molecule has 3 rings (SSSR count). The first-order valence-corrected chi connectivity index (χ1v) is 11.3. The molecule has 0 bridgehead atoms. The van der Waals surface area contributed by atoms with Crippen molar-refractivity contribution in [3.8, 4) is 17.2 Å². The Kier molecular flexibility index (Phi) is 7.15. The number of phenols is 2. The lowest BCUT2D eigenvalue weighted by Crippen LogP contribution is -2.11. The van der Waals surface area contributed by atoms with Crippen LogP contribution in [0.2, 0.25) is 0 Å². The lowest BCUT2D eigenvalue weighted by Gasteiger charge is -2.19. The van der Waals surface area contributed by atoms with Gasteiger partial charge >= 0.3 is 0 Å². The van der Waals surface area contributed by atoms with Crippen molar-refractivity contribution in [3.05, 3.63) is 76.9 Å². The minimum absolute atomic E-state index is 0.0462. The van der Waals surface area contributed by atoms with Crippen LogP contribution in [-0.2, 0) is 10.8 Å². The van der Waals surface area contributed by atoms with Gasteiger partial charge in [-0.1, -0.05) is 53.7 Å². The van der Waals surface area contributed by atoms with Gasteiger partial charge in [-0.2, -0.15) is 0 Å². The van der Waals surface area contributed by atoms with Gasteiger partial charge in [0.2, 0.25) is 0 Å². The van der Waals surface area contributed by atoms with E-state index in [4.69, 9.17) is 4.74 Å². The molecular weight excluding hydrogens is 424 g/mol. The minimum atomic E-state index is -0.0503. The Hall–Kier alpha value is -3.60. The molecule has 0 spiro atoms. The second kappa shape index (κ2) is 9.72. The first-order valence-electron chi connectivity index (χ1n) is 11.3. The summed E-state index contributed by atoms with van der Waals surface area (Å²) in [5, 5.41) is 20.7. The third-order valence-electron chi connectivity index (χ3n) is 5.66. The number of aromatic hydroxyl groups is 2. The number of aliphatic imine (C=N–C) groups is 2. The van der Waals surface area contributed by atoms with Gasteiger partial charge in [0.05, 0.1) is 18.5 Å². The molecule has 0 fully saturated rings. The van der Waals surface area contributed by atoms with Crippen LogP contribution in [-0.4, -0.2) is 29.8 Å². The van der Waals surface area contributed by atoms with Gasteiger partial charge in [-0.05, 0) is 58.4 Å². The standard InChI is InChI=1S/C29H34N2O3/c1-28(2,3)21-8-12-26(32)19(14-21)17-30-24-11-10-23(34-7)16-25(24)31-18-20-15-22(29(4,5)6)9-13-27(20)33/h8-18,32-33H,1-7H3. The number of ether oxygens (including phenoxy) is 1. The molecule has 0 aliphatic rings. The van der Waals surface area contributed by atoms with Crippen LogP contribution in [0.4, 0.5) is 11.4 Å². The summed E-state index contributed by atoms with van der Waals surface area (Å²) in [5.41, 5.74) is 4.57. The van der Waals surface area contributed by atoms with Gasteiger partial charge in [0.25, 0.3) is 0 Å². The van der Waals surface area contributed by atoms with Crippen LogP contribution in [0.1, 0.15) is 63.8 Å². The molecule has 0 heterocycles. The van der Waals surface area contributed by atoms with E-state index in [1.165, 1.54) is 0 Å². The molecule has 3 aromatic rings. The summed E-state index contributed by atoms with van der Waals surface area (Å²) in [7, 11) is 1.60. The fraction of sp³-hybridized carbons (Fsp3) is 0.310. The first kappa shape index (κ1) is 25.0. The monoisotopic (exact) mass is 458 g/mol. The van der Waals surface area contributed by atoms with Crippen LogP contribution in [0.25, 0.3) is 0 Å². The smallest absolute Gasteiger partial charge is 0.124 e. The van der Waals surface area contributed by atoms with E-state index in [0.717, 1.165) is 11.1 Å². The van der Waals surface area contributed by atoms with E-state index in [0.29, 0.717) is 28.3 Å². The van der Waals surface area contributed by atoms with Crippen molar-refractivity contribution in [2.75, 3.05) is 7.11 Å². The van der Waals surface area contributed by atoms with Crippen LogP contribution >= 0.6 is 0 Å². The summed E-state index contributed by atoms with van der Waals surface area (Å²) in [5.74, 6) is 0.976. The second-order valence-electron chi connectivity index (χ2n) is 10.4. The summed E-state index contributed by atoms with van der Waals surface area (Å²) in [6, 6.07) is 16.5. The average Bonchev–Trinajstić information content (AvgIpc) is 2.76. The molecule has 0 aliphatic heterocycles. The topological polar surface area (TPSA) is 74.4 Å². The third-order valence-corrected chi connectivity index (χ3v) is 5.66.